The van der Waals surface area contributed by atoms with Crippen LogP contribution in [0, 0.1) is 0 Å². The highest BCUT2D eigenvalue weighted by Crippen LogP contribution is 2.12. The fourth-order valence-electron chi connectivity index (χ4n) is 2.93. The molecule has 0 saturated heterocycles. The van der Waals surface area contributed by atoms with Gasteiger partial charge in [0.25, 0.3) is 11.5 Å². The van der Waals surface area contributed by atoms with Gasteiger partial charge in [0.1, 0.15) is 5.75 Å². The second kappa shape index (κ2) is 8.91. The molecule has 0 aliphatic heterocycles. The molecule has 1 aromatic heterocycles. The molecule has 0 fully saturated rings. The van der Waals surface area contributed by atoms with Crippen LogP contribution in [0.15, 0.2) is 93.6 Å². The van der Waals surface area contributed by atoms with E-state index in [0.717, 1.165) is 4.68 Å². The van der Waals surface area contributed by atoms with E-state index in [1.165, 1.54) is 6.21 Å². The smallest absolute Gasteiger partial charge is 0.349 e. The maximum atomic E-state index is 12.5. The predicted octanol–water partition coefficient (Wildman–Crippen LogP) is 2.59. The number of H-pyrrole nitrogens is 1. The maximum absolute atomic E-state index is 12.5. The largest absolute Gasteiger partial charge is 0.484 e. The van der Waals surface area contributed by atoms with Gasteiger partial charge in [-0.3, -0.25) is 9.59 Å². The molecule has 0 bridgehead atoms. The van der Waals surface area contributed by atoms with E-state index in [1.54, 1.807) is 60.7 Å². The van der Waals surface area contributed by atoms with Crippen molar-refractivity contribution in [3.8, 4) is 5.75 Å². The molecule has 4 aromatic rings. The van der Waals surface area contributed by atoms with Crippen LogP contribution in [0.3, 0.4) is 0 Å². The standard InChI is InChI=1S/C23H18N4O4/c28-21(25-17-8-2-1-3-9-17)15-31-18-10-6-7-16(13-18)14-24-27-22(29)19-11-4-5-12-20(19)26-23(27)30/h1-14H,15H2,(H,25,28)(H,26,30). The van der Waals surface area contributed by atoms with Crippen molar-refractivity contribution in [1.82, 2.24) is 9.66 Å². The van der Waals surface area contributed by atoms with Crippen LogP contribution in [0.1, 0.15) is 5.56 Å². The molecule has 0 radical (unpaired) electrons. The highest BCUT2D eigenvalue weighted by Gasteiger charge is 2.06. The Hall–Kier alpha value is -4.46. The van der Waals surface area contributed by atoms with Gasteiger partial charge >= 0.3 is 5.69 Å². The zero-order valence-electron chi connectivity index (χ0n) is 16.3. The molecule has 2 N–H and O–H groups in total. The lowest BCUT2D eigenvalue weighted by atomic mass is 10.2. The molecule has 8 heteroatoms. The Morgan fingerprint density at radius 3 is 2.61 bits per heavy atom. The van der Waals surface area contributed by atoms with Gasteiger partial charge in [-0.2, -0.15) is 5.10 Å². The van der Waals surface area contributed by atoms with Gasteiger partial charge in [0.05, 0.1) is 17.1 Å². The maximum Gasteiger partial charge on any atom is 0.349 e. The Morgan fingerprint density at radius 1 is 1.00 bits per heavy atom. The molecule has 0 atom stereocenters. The summed E-state index contributed by atoms with van der Waals surface area (Å²) in [4.78, 5) is 39.4. The molecule has 1 heterocycles. The molecule has 4 rings (SSSR count). The molecule has 8 nitrogen and oxygen atoms in total. The summed E-state index contributed by atoms with van der Waals surface area (Å²) in [5, 5.41) is 7.11. The van der Waals surface area contributed by atoms with Gasteiger partial charge in [-0.1, -0.05) is 42.5 Å². The number of para-hydroxylation sites is 2. The molecule has 154 valence electrons. The average Bonchev–Trinajstić information content (AvgIpc) is 2.78. The van der Waals surface area contributed by atoms with Crippen molar-refractivity contribution in [2.75, 3.05) is 11.9 Å². The molecule has 0 aliphatic carbocycles. The summed E-state index contributed by atoms with van der Waals surface area (Å²) in [6.07, 6.45) is 1.38. The quantitative estimate of drug-likeness (QED) is 0.473. The number of nitrogens with zero attached hydrogens (tertiary/aromatic N) is 2. The van der Waals surface area contributed by atoms with Crippen molar-refractivity contribution < 1.29 is 9.53 Å². The van der Waals surface area contributed by atoms with Gasteiger partial charge in [0, 0.05) is 5.69 Å². The minimum Gasteiger partial charge on any atom is -0.484 e. The summed E-state index contributed by atoms with van der Waals surface area (Å²) < 4.78 is 6.29. The van der Waals surface area contributed by atoms with E-state index in [2.05, 4.69) is 15.4 Å². The summed E-state index contributed by atoms with van der Waals surface area (Å²) >= 11 is 0. The van der Waals surface area contributed by atoms with Crippen LogP contribution in [0.5, 0.6) is 5.75 Å². The van der Waals surface area contributed by atoms with Crippen molar-refractivity contribution in [2.24, 2.45) is 5.10 Å². The fourth-order valence-corrected chi connectivity index (χ4v) is 2.93. The summed E-state index contributed by atoms with van der Waals surface area (Å²) in [7, 11) is 0. The molecular formula is C23H18N4O4. The summed E-state index contributed by atoms with van der Waals surface area (Å²) in [6.45, 7) is -0.167. The third kappa shape index (κ3) is 4.76. The number of aromatic nitrogens is 2. The van der Waals surface area contributed by atoms with Crippen LogP contribution >= 0.6 is 0 Å². The summed E-state index contributed by atoms with van der Waals surface area (Å²) in [5.41, 5.74) is 0.585. The fraction of sp³-hybridized carbons (Fsp3) is 0.0435. The minimum atomic E-state index is -0.634. The number of hydrogen-bond acceptors (Lipinski definition) is 5. The van der Waals surface area contributed by atoms with Crippen LogP contribution in [-0.2, 0) is 4.79 Å². The van der Waals surface area contributed by atoms with Crippen LogP contribution in [0.2, 0.25) is 0 Å². The number of carbonyl (C=O) groups excluding carboxylic acids is 1. The lowest BCUT2D eigenvalue weighted by molar-refractivity contribution is -0.118. The summed E-state index contributed by atoms with van der Waals surface area (Å²) in [6, 6.07) is 22.6. The molecule has 1 amide bonds. The average molecular weight is 414 g/mol. The van der Waals surface area contributed by atoms with Crippen molar-refractivity contribution in [2.45, 2.75) is 0 Å². The first kappa shape index (κ1) is 19.8. The van der Waals surface area contributed by atoms with Crippen molar-refractivity contribution in [3.63, 3.8) is 0 Å². The zero-order chi connectivity index (χ0) is 21.6. The third-order valence-electron chi connectivity index (χ3n) is 4.39. The number of benzene rings is 3. The normalized spacial score (nSPS) is 11.0. The number of carbonyl (C=O) groups is 1. The monoisotopic (exact) mass is 414 g/mol. The Bertz CT molecular complexity index is 1370. The number of nitrogens with one attached hydrogen (secondary N) is 2. The number of anilines is 1. The lowest BCUT2D eigenvalue weighted by Crippen LogP contribution is -2.32. The lowest BCUT2D eigenvalue weighted by Gasteiger charge is -2.08. The number of aromatic amines is 1. The molecule has 0 unspecified atom stereocenters. The van der Waals surface area contributed by atoms with Gasteiger partial charge in [0.15, 0.2) is 6.61 Å². The SMILES string of the molecule is O=C(COc1cccc(C=Nn2c(=O)[nH]c3ccccc3c2=O)c1)Nc1ccccc1. The first-order valence-electron chi connectivity index (χ1n) is 9.46. The van der Waals surface area contributed by atoms with E-state index in [0.29, 0.717) is 27.9 Å². The van der Waals surface area contributed by atoms with E-state index in [-0.39, 0.29) is 12.5 Å². The number of fused-ring (bicyclic) bond motifs is 1. The molecule has 0 spiro atoms. The minimum absolute atomic E-state index is 0.167. The van der Waals surface area contributed by atoms with Crippen LogP contribution < -0.4 is 21.3 Å². The van der Waals surface area contributed by atoms with E-state index in [9.17, 15) is 14.4 Å². The second-order valence-corrected chi connectivity index (χ2v) is 6.61. The van der Waals surface area contributed by atoms with Crippen LogP contribution in [-0.4, -0.2) is 28.4 Å². The molecule has 0 aliphatic rings. The van der Waals surface area contributed by atoms with E-state index in [1.807, 2.05) is 18.2 Å². The molecule has 0 saturated carbocycles. The Kier molecular flexibility index (Phi) is 5.70. The van der Waals surface area contributed by atoms with Gasteiger partial charge in [-0.25, -0.2) is 4.79 Å². The van der Waals surface area contributed by atoms with Gasteiger partial charge in [-0.05, 0) is 42.0 Å². The van der Waals surface area contributed by atoms with Gasteiger partial charge in [0.2, 0.25) is 0 Å². The number of hydrogen-bond donors (Lipinski definition) is 2. The van der Waals surface area contributed by atoms with Crippen molar-refractivity contribution in [1.29, 1.82) is 0 Å². The van der Waals surface area contributed by atoms with E-state index < -0.39 is 11.2 Å². The summed E-state index contributed by atoms with van der Waals surface area (Å²) in [5.74, 6) is 0.159. The predicted molar refractivity (Wildman–Crippen MR) is 119 cm³/mol. The van der Waals surface area contributed by atoms with Crippen LogP contribution in [0.4, 0.5) is 5.69 Å². The highest BCUT2D eigenvalue weighted by molar-refractivity contribution is 5.91. The Morgan fingerprint density at radius 2 is 1.77 bits per heavy atom. The van der Waals surface area contributed by atoms with E-state index >= 15 is 0 Å². The van der Waals surface area contributed by atoms with Gasteiger partial charge < -0.3 is 15.0 Å². The third-order valence-corrected chi connectivity index (χ3v) is 4.39. The highest BCUT2D eigenvalue weighted by atomic mass is 16.5. The van der Waals surface area contributed by atoms with Gasteiger partial charge in [-0.15, -0.1) is 4.68 Å². The Balaban J connectivity index is 1.47. The van der Waals surface area contributed by atoms with Crippen molar-refractivity contribution >= 4 is 28.7 Å². The molecular weight excluding hydrogens is 396 g/mol. The van der Waals surface area contributed by atoms with Crippen LogP contribution in [0.25, 0.3) is 10.9 Å². The number of ether oxygens (including phenoxy) is 1. The second-order valence-electron chi connectivity index (χ2n) is 6.61. The number of amides is 1. The first-order chi connectivity index (χ1) is 15.1. The Labute approximate surface area is 176 Å². The topological polar surface area (TPSA) is 106 Å². The molecule has 31 heavy (non-hydrogen) atoms. The first-order valence-corrected chi connectivity index (χ1v) is 9.46. The zero-order valence-corrected chi connectivity index (χ0v) is 16.3. The molecule has 3 aromatic carbocycles. The van der Waals surface area contributed by atoms with Crippen molar-refractivity contribution in [3.05, 3.63) is 105 Å². The number of rotatable bonds is 6. The van der Waals surface area contributed by atoms with E-state index in [4.69, 9.17) is 4.74 Å².